The molecule has 0 spiro atoms. The molecule has 0 amide bonds. The van der Waals surface area contributed by atoms with Gasteiger partial charge in [-0.25, -0.2) is 8.78 Å². The molecule has 0 saturated heterocycles. The number of methoxy groups -OCH3 is 1. The van der Waals surface area contributed by atoms with E-state index in [0.717, 1.165) is 17.5 Å². The van der Waals surface area contributed by atoms with Crippen LogP contribution in [-0.4, -0.2) is 13.7 Å². The Bertz CT molecular complexity index is 564. The maximum Gasteiger partial charge on any atom is 0.129 e. The fourth-order valence-electron chi connectivity index (χ4n) is 2.22. The Morgan fingerprint density at radius 3 is 2.24 bits per heavy atom. The first kappa shape index (κ1) is 15.6. The van der Waals surface area contributed by atoms with Crippen LogP contribution in [0.1, 0.15) is 22.7 Å². The second-order valence-corrected chi connectivity index (χ2v) is 5.00. The van der Waals surface area contributed by atoms with Crippen molar-refractivity contribution in [3.8, 4) is 0 Å². The van der Waals surface area contributed by atoms with Gasteiger partial charge in [-0.2, -0.15) is 0 Å². The number of halogens is 2. The molecule has 0 heterocycles. The number of rotatable bonds is 6. The summed E-state index contributed by atoms with van der Waals surface area (Å²) in [5.74, 6) is -1.11. The zero-order valence-corrected chi connectivity index (χ0v) is 12.0. The summed E-state index contributed by atoms with van der Waals surface area (Å²) in [6.07, 6.45) is 0.962. The summed E-state index contributed by atoms with van der Waals surface area (Å²) in [6, 6.07) is 11.1. The molecule has 2 rings (SSSR count). The largest absolute Gasteiger partial charge is 0.384 e. The standard InChI is InChI=1S/C17H19F2NO/c1-21-10-9-12-5-7-13(8-6-12)17(20)11-14-15(18)3-2-4-16(14)19/h2-8,17H,9-11,20H2,1H3. The molecule has 0 aliphatic heterocycles. The second-order valence-electron chi connectivity index (χ2n) is 5.00. The molecule has 1 unspecified atom stereocenters. The van der Waals surface area contributed by atoms with Crippen LogP contribution >= 0.6 is 0 Å². The number of nitrogens with two attached hydrogens (primary N) is 1. The van der Waals surface area contributed by atoms with Gasteiger partial charge in [0.05, 0.1) is 6.61 Å². The fourth-order valence-corrected chi connectivity index (χ4v) is 2.22. The lowest BCUT2D eigenvalue weighted by Crippen LogP contribution is -2.15. The molecule has 21 heavy (non-hydrogen) atoms. The zero-order chi connectivity index (χ0) is 15.2. The van der Waals surface area contributed by atoms with Crippen molar-refractivity contribution in [3.63, 3.8) is 0 Å². The normalized spacial score (nSPS) is 12.4. The van der Waals surface area contributed by atoms with Crippen LogP contribution in [-0.2, 0) is 17.6 Å². The van der Waals surface area contributed by atoms with E-state index in [1.165, 1.54) is 18.2 Å². The predicted octanol–water partition coefficient (Wildman–Crippen LogP) is 3.40. The van der Waals surface area contributed by atoms with E-state index in [1.807, 2.05) is 24.3 Å². The molecule has 0 bridgehead atoms. The maximum absolute atomic E-state index is 13.6. The van der Waals surface area contributed by atoms with Crippen molar-refractivity contribution in [1.82, 2.24) is 0 Å². The number of ether oxygens (including phenoxy) is 1. The first-order valence-electron chi connectivity index (χ1n) is 6.88. The van der Waals surface area contributed by atoms with Crippen molar-refractivity contribution in [2.24, 2.45) is 5.73 Å². The van der Waals surface area contributed by atoms with Gasteiger partial charge in [0.25, 0.3) is 0 Å². The summed E-state index contributed by atoms with van der Waals surface area (Å²) < 4.78 is 32.3. The Labute approximate surface area is 123 Å². The van der Waals surface area contributed by atoms with Gasteiger partial charge < -0.3 is 10.5 Å². The van der Waals surface area contributed by atoms with Gasteiger partial charge in [0.2, 0.25) is 0 Å². The fraction of sp³-hybridized carbons (Fsp3) is 0.294. The molecule has 1 atom stereocenters. The summed E-state index contributed by atoms with van der Waals surface area (Å²) in [5.41, 5.74) is 8.10. The second kappa shape index (κ2) is 7.29. The summed E-state index contributed by atoms with van der Waals surface area (Å²) in [7, 11) is 1.66. The minimum atomic E-state index is -0.554. The highest BCUT2D eigenvalue weighted by Crippen LogP contribution is 2.21. The molecule has 0 aliphatic rings. The van der Waals surface area contributed by atoms with Crippen LogP contribution in [0.25, 0.3) is 0 Å². The Balaban J connectivity index is 2.08. The number of benzene rings is 2. The van der Waals surface area contributed by atoms with Gasteiger partial charge in [0.1, 0.15) is 11.6 Å². The number of hydrogen-bond acceptors (Lipinski definition) is 2. The molecule has 2 aromatic rings. The lowest BCUT2D eigenvalue weighted by Gasteiger charge is -2.14. The van der Waals surface area contributed by atoms with Gasteiger partial charge in [-0.3, -0.25) is 0 Å². The van der Waals surface area contributed by atoms with E-state index in [4.69, 9.17) is 10.5 Å². The average molecular weight is 291 g/mol. The van der Waals surface area contributed by atoms with E-state index in [1.54, 1.807) is 7.11 Å². The monoisotopic (exact) mass is 291 g/mol. The van der Waals surface area contributed by atoms with Gasteiger partial charge in [-0.05, 0) is 36.1 Å². The van der Waals surface area contributed by atoms with E-state index in [2.05, 4.69) is 0 Å². The molecular weight excluding hydrogens is 272 g/mol. The molecule has 0 radical (unpaired) electrons. The van der Waals surface area contributed by atoms with Crippen molar-refractivity contribution < 1.29 is 13.5 Å². The zero-order valence-electron chi connectivity index (χ0n) is 12.0. The van der Waals surface area contributed by atoms with Crippen LogP contribution in [0.3, 0.4) is 0 Å². The van der Waals surface area contributed by atoms with Crippen molar-refractivity contribution in [3.05, 3.63) is 70.8 Å². The Kier molecular flexibility index (Phi) is 5.42. The van der Waals surface area contributed by atoms with E-state index in [0.29, 0.717) is 6.61 Å². The van der Waals surface area contributed by atoms with Crippen LogP contribution in [0.15, 0.2) is 42.5 Å². The Morgan fingerprint density at radius 1 is 1.05 bits per heavy atom. The minimum absolute atomic E-state index is 0.0356. The van der Waals surface area contributed by atoms with Crippen LogP contribution in [0.4, 0.5) is 8.78 Å². The van der Waals surface area contributed by atoms with E-state index < -0.39 is 17.7 Å². The van der Waals surface area contributed by atoms with Crippen LogP contribution in [0.5, 0.6) is 0 Å². The topological polar surface area (TPSA) is 35.2 Å². The highest BCUT2D eigenvalue weighted by atomic mass is 19.1. The molecule has 0 aromatic heterocycles. The summed E-state index contributed by atoms with van der Waals surface area (Å²) in [4.78, 5) is 0. The quantitative estimate of drug-likeness (QED) is 0.885. The van der Waals surface area contributed by atoms with Crippen LogP contribution < -0.4 is 5.73 Å². The van der Waals surface area contributed by atoms with Crippen LogP contribution in [0, 0.1) is 11.6 Å². The molecule has 0 aliphatic carbocycles. The smallest absolute Gasteiger partial charge is 0.129 e. The van der Waals surface area contributed by atoms with E-state index >= 15 is 0 Å². The van der Waals surface area contributed by atoms with Crippen molar-refractivity contribution in [1.29, 1.82) is 0 Å². The van der Waals surface area contributed by atoms with Crippen molar-refractivity contribution in [2.75, 3.05) is 13.7 Å². The average Bonchev–Trinajstić information content (AvgIpc) is 2.49. The summed E-state index contributed by atoms with van der Waals surface area (Å²) in [5, 5.41) is 0. The van der Waals surface area contributed by atoms with Gasteiger partial charge in [-0.1, -0.05) is 30.3 Å². The highest BCUT2D eigenvalue weighted by Gasteiger charge is 2.14. The lowest BCUT2D eigenvalue weighted by atomic mass is 9.97. The number of hydrogen-bond donors (Lipinski definition) is 1. The lowest BCUT2D eigenvalue weighted by molar-refractivity contribution is 0.202. The van der Waals surface area contributed by atoms with Crippen molar-refractivity contribution >= 4 is 0 Å². The molecule has 0 fully saturated rings. The SMILES string of the molecule is COCCc1ccc(C(N)Cc2c(F)cccc2F)cc1. The van der Waals surface area contributed by atoms with Gasteiger partial charge in [-0.15, -0.1) is 0 Å². The minimum Gasteiger partial charge on any atom is -0.384 e. The molecule has 112 valence electrons. The molecule has 0 saturated carbocycles. The van der Waals surface area contributed by atoms with Crippen LogP contribution in [0.2, 0.25) is 0 Å². The van der Waals surface area contributed by atoms with E-state index in [9.17, 15) is 8.78 Å². The highest BCUT2D eigenvalue weighted by molar-refractivity contribution is 5.28. The van der Waals surface area contributed by atoms with Gasteiger partial charge in [0.15, 0.2) is 0 Å². The third-order valence-electron chi connectivity index (χ3n) is 3.49. The van der Waals surface area contributed by atoms with Gasteiger partial charge in [0, 0.05) is 18.7 Å². The first-order chi connectivity index (χ1) is 10.1. The molecule has 4 heteroatoms. The van der Waals surface area contributed by atoms with E-state index in [-0.39, 0.29) is 12.0 Å². The first-order valence-corrected chi connectivity index (χ1v) is 6.88. The summed E-state index contributed by atoms with van der Waals surface area (Å²) in [6.45, 7) is 0.659. The molecule has 2 N–H and O–H groups in total. The third-order valence-corrected chi connectivity index (χ3v) is 3.49. The summed E-state index contributed by atoms with van der Waals surface area (Å²) >= 11 is 0. The Morgan fingerprint density at radius 2 is 1.67 bits per heavy atom. The third kappa shape index (κ3) is 4.09. The predicted molar refractivity (Wildman–Crippen MR) is 79.0 cm³/mol. The van der Waals surface area contributed by atoms with Crippen molar-refractivity contribution in [2.45, 2.75) is 18.9 Å². The molecule has 2 nitrogen and oxygen atoms in total. The van der Waals surface area contributed by atoms with Gasteiger partial charge >= 0.3 is 0 Å². The molecular formula is C17H19F2NO. The Hall–Kier alpha value is -1.78. The maximum atomic E-state index is 13.6. The molecule has 2 aromatic carbocycles.